The van der Waals surface area contributed by atoms with Crippen LogP contribution in [0, 0.1) is 0 Å². The minimum Gasteiger partial charge on any atom is -0.466 e. The maximum atomic E-state index is 12.8. The number of carbonyl (C=O) groups excluding carboxylic acids is 1. The molecule has 1 aliphatic heterocycles. The van der Waals surface area contributed by atoms with Crippen molar-refractivity contribution in [2.45, 2.75) is 38.9 Å². The lowest BCUT2D eigenvalue weighted by Crippen LogP contribution is -2.25. The molecule has 1 heterocycles. The van der Waals surface area contributed by atoms with Crippen molar-refractivity contribution in [3.05, 3.63) is 23.8 Å². The van der Waals surface area contributed by atoms with E-state index in [9.17, 15) is 13.6 Å². The average molecular weight is 286 g/mol. The van der Waals surface area contributed by atoms with Gasteiger partial charge in [0.1, 0.15) is 0 Å². The Hall–Kier alpha value is -1.85. The van der Waals surface area contributed by atoms with Crippen molar-refractivity contribution in [3.8, 4) is 11.5 Å². The molecule has 6 heteroatoms. The van der Waals surface area contributed by atoms with Crippen LogP contribution in [0.1, 0.15) is 31.7 Å². The van der Waals surface area contributed by atoms with Gasteiger partial charge in [0.2, 0.25) is 0 Å². The average Bonchev–Trinajstić information content (AvgIpc) is 2.68. The van der Waals surface area contributed by atoms with Crippen LogP contribution < -0.4 is 9.47 Å². The van der Waals surface area contributed by atoms with Gasteiger partial charge in [-0.2, -0.15) is 0 Å². The summed E-state index contributed by atoms with van der Waals surface area (Å²) in [5.74, 6) is -0.110. The molecule has 0 unspecified atom stereocenters. The summed E-state index contributed by atoms with van der Waals surface area (Å²) in [5, 5.41) is 0. The zero-order valence-corrected chi connectivity index (χ0v) is 11.2. The molecule has 0 aliphatic carbocycles. The van der Waals surface area contributed by atoms with Crippen molar-refractivity contribution in [2.24, 2.45) is 0 Å². The van der Waals surface area contributed by atoms with Gasteiger partial charge < -0.3 is 14.2 Å². The first kappa shape index (κ1) is 14.6. The molecule has 0 saturated carbocycles. The molecule has 0 aromatic heterocycles. The van der Waals surface area contributed by atoms with Crippen molar-refractivity contribution in [2.75, 3.05) is 6.61 Å². The van der Waals surface area contributed by atoms with Crippen LogP contribution in [0.5, 0.6) is 11.5 Å². The van der Waals surface area contributed by atoms with Gasteiger partial charge in [-0.25, -0.2) is 0 Å². The molecular formula is C14H16F2O4. The predicted molar refractivity (Wildman–Crippen MR) is 66.8 cm³/mol. The Kier molecular flexibility index (Phi) is 4.42. The van der Waals surface area contributed by atoms with Gasteiger partial charge in [0, 0.05) is 6.42 Å². The molecule has 0 bridgehead atoms. The van der Waals surface area contributed by atoms with Gasteiger partial charge in [0.25, 0.3) is 0 Å². The van der Waals surface area contributed by atoms with Gasteiger partial charge in [-0.05, 0) is 43.9 Å². The summed E-state index contributed by atoms with van der Waals surface area (Å²) in [7, 11) is 0. The van der Waals surface area contributed by atoms with E-state index in [1.807, 2.05) is 0 Å². The summed E-state index contributed by atoms with van der Waals surface area (Å²) >= 11 is 0. The summed E-state index contributed by atoms with van der Waals surface area (Å²) in [6.45, 7) is 2.15. The van der Waals surface area contributed by atoms with E-state index in [1.54, 1.807) is 19.1 Å². The fourth-order valence-electron chi connectivity index (χ4n) is 1.98. The number of rotatable bonds is 6. The fraction of sp³-hybridized carbons (Fsp3) is 0.500. The molecular weight excluding hydrogens is 270 g/mol. The molecule has 0 fully saturated rings. The second kappa shape index (κ2) is 6.07. The van der Waals surface area contributed by atoms with Crippen LogP contribution in [-0.4, -0.2) is 18.9 Å². The molecule has 110 valence electrons. The summed E-state index contributed by atoms with van der Waals surface area (Å²) in [5.41, 5.74) is 0.869. The smallest absolute Gasteiger partial charge is 0.466 e. The SMILES string of the molecule is CCOC(=O)CCCCc1ccc2c(c1)OC(F)(F)O2. The number of fused-ring (bicyclic) bond motifs is 1. The van der Waals surface area contributed by atoms with Crippen LogP contribution in [0.3, 0.4) is 0 Å². The second-order valence-corrected chi connectivity index (χ2v) is 4.46. The molecule has 0 N–H and O–H groups in total. The Labute approximate surface area is 115 Å². The van der Waals surface area contributed by atoms with Crippen LogP contribution in [0.15, 0.2) is 18.2 Å². The highest BCUT2D eigenvalue weighted by Gasteiger charge is 2.43. The van der Waals surface area contributed by atoms with E-state index < -0.39 is 6.29 Å². The Bertz CT molecular complexity index is 488. The Morgan fingerprint density at radius 1 is 1.25 bits per heavy atom. The molecule has 0 amide bonds. The number of ether oxygens (including phenoxy) is 3. The van der Waals surface area contributed by atoms with Gasteiger partial charge in [-0.15, -0.1) is 8.78 Å². The van der Waals surface area contributed by atoms with E-state index >= 15 is 0 Å². The maximum absolute atomic E-state index is 12.8. The summed E-state index contributed by atoms with van der Waals surface area (Å²) in [4.78, 5) is 11.1. The monoisotopic (exact) mass is 286 g/mol. The topological polar surface area (TPSA) is 44.8 Å². The predicted octanol–water partition coefficient (Wildman–Crippen LogP) is 3.28. The maximum Gasteiger partial charge on any atom is 0.586 e. The van der Waals surface area contributed by atoms with Crippen LogP contribution in [-0.2, 0) is 16.0 Å². The zero-order valence-electron chi connectivity index (χ0n) is 11.2. The molecule has 4 nitrogen and oxygen atoms in total. The number of hydrogen-bond donors (Lipinski definition) is 0. The van der Waals surface area contributed by atoms with E-state index in [0.717, 1.165) is 12.0 Å². The molecule has 0 spiro atoms. The number of halogens is 2. The normalized spacial score (nSPS) is 15.2. The van der Waals surface area contributed by atoms with Crippen molar-refractivity contribution in [3.63, 3.8) is 0 Å². The van der Waals surface area contributed by atoms with Gasteiger partial charge in [-0.1, -0.05) is 6.07 Å². The van der Waals surface area contributed by atoms with Gasteiger partial charge in [0.05, 0.1) is 6.61 Å². The quantitative estimate of drug-likeness (QED) is 0.594. The van der Waals surface area contributed by atoms with E-state index in [-0.39, 0.29) is 17.5 Å². The lowest BCUT2D eigenvalue weighted by molar-refractivity contribution is -0.286. The first-order chi connectivity index (χ1) is 9.50. The zero-order chi connectivity index (χ0) is 14.6. The highest BCUT2D eigenvalue weighted by atomic mass is 19.3. The second-order valence-electron chi connectivity index (χ2n) is 4.46. The first-order valence-corrected chi connectivity index (χ1v) is 6.54. The Balaban J connectivity index is 1.79. The minimum atomic E-state index is -3.58. The number of carbonyl (C=O) groups is 1. The molecule has 2 rings (SSSR count). The van der Waals surface area contributed by atoms with Crippen LogP contribution in [0.2, 0.25) is 0 Å². The molecule has 20 heavy (non-hydrogen) atoms. The molecule has 0 atom stereocenters. The number of esters is 1. The van der Waals surface area contributed by atoms with Crippen LogP contribution >= 0.6 is 0 Å². The Morgan fingerprint density at radius 3 is 2.75 bits per heavy atom. The molecule has 0 saturated heterocycles. The lowest BCUT2D eigenvalue weighted by Gasteiger charge is -2.04. The van der Waals surface area contributed by atoms with Gasteiger partial charge in [-0.3, -0.25) is 4.79 Å². The standard InChI is InChI=1S/C14H16F2O4/c1-2-18-13(17)6-4-3-5-10-7-8-11-12(9-10)20-14(15,16)19-11/h7-9H,2-6H2,1H3. The van der Waals surface area contributed by atoms with Gasteiger partial charge in [0.15, 0.2) is 11.5 Å². The van der Waals surface area contributed by atoms with E-state index in [2.05, 4.69) is 9.47 Å². The number of hydrogen-bond acceptors (Lipinski definition) is 4. The summed E-state index contributed by atoms with van der Waals surface area (Å²) in [6.07, 6.45) is -1.05. The third-order valence-electron chi connectivity index (χ3n) is 2.87. The number of unbranched alkanes of at least 4 members (excludes halogenated alkanes) is 1. The van der Waals surface area contributed by atoms with E-state index in [4.69, 9.17) is 4.74 Å². The van der Waals surface area contributed by atoms with Crippen LogP contribution in [0.4, 0.5) is 8.78 Å². The fourth-order valence-corrected chi connectivity index (χ4v) is 1.98. The molecule has 1 aliphatic rings. The Morgan fingerprint density at radius 2 is 2.00 bits per heavy atom. The minimum absolute atomic E-state index is 0.0465. The van der Waals surface area contributed by atoms with Crippen molar-refractivity contribution < 1.29 is 27.8 Å². The molecule has 1 aromatic rings. The molecule has 0 radical (unpaired) electrons. The lowest BCUT2D eigenvalue weighted by atomic mass is 10.1. The van der Waals surface area contributed by atoms with E-state index in [0.29, 0.717) is 25.9 Å². The molecule has 1 aromatic carbocycles. The highest BCUT2D eigenvalue weighted by molar-refractivity contribution is 5.69. The number of alkyl halides is 2. The first-order valence-electron chi connectivity index (χ1n) is 6.54. The summed E-state index contributed by atoms with van der Waals surface area (Å²) < 4.78 is 39.2. The van der Waals surface area contributed by atoms with E-state index in [1.165, 1.54) is 6.07 Å². The van der Waals surface area contributed by atoms with Crippen LogP contribution in [0.25, 0.3) is 0 Å². The highest BCUT2D eigenvalue weighted by Crippen LogP contribution is 2.41. The number of benzene rings is 1. The largest absolute Gasteiger partial charge is 0.586 e. The van der Waals surface area contributed by atoms with Crippen molar-refractivity contribution in [1.29, 1.82) is 0 Å². The van der Waals surface area contributed by atoms with Gasteiger partial charge >= 0.3 is 12.3 Å². The summed E-state index contributed by atoms with van der Waals surface area (Å²) in [6, 6.07) is 4.73. The van der Waals surface area contributed by atoms with Crippen molar-refractivity contribution in [1.82, 2.24) is 0 Å². The third kappa shape index (κ3) is 3.82. The van der Waals surface area contributed by atoms with Crippen molar-refractivity contribution >= 4 is 5.97 Å². The third-order valence-corrected chi connectivity index (χ3v) is 2.87. The number of aryl methyl sites for hydroxylation is 1.